The van der Waals surface area contributed by atoms with Gasteiger partial charge in [-0.25, -0.2) is 0 Å². The summed E-state index contributed by atoms with van der Waals surface area (Å²) in [5, 5.41) is 0.561. The second-order valence-electron chi connectivity index (χ2n) is 8.94. The van der Waals surface area contributed by atoms with E-state index in [0.717, 1.165) is 22.6 Å². The van der Waals surface area contributed by atoms with Crippen LogP contribution in [0.25, 0.3) is 0 Å². The van der Waals surface area contributed by atoms with E-state index in [0.29, 0.717) is 30.2 Å². The SMILES string of the molecule is C=CCOc1ccc(C2CC(=O)N(c3cccc(Cl)c3)C3=C2C(=O)CC(C)(C)C3)cc1. The van der Waals surface area contributed by atoms with Crippen molar-refractivity contribution in [3.63, 3.8) is 0 Å². The number of Topliss-reactive ketones (excluding diaryl/α,β-unsaturated/α-hetero) is 1. The summed E-state index contributed by atoms with van der Waals surface area (Å²) in [7, 11) is 0. The number of nitrogens with zero attached hydrogens (tertiary/aromatic N) is 1. The third-order valence-electron chi connectivity index (χ3n) is 5.86. The number of ether oxygens (including phenoxy) is 1. The Morgan fingerprint density at radius 3 is 2.58 bits per heavy atom. The summed E-state index contributed by atoms with van der Waals surface area (Å²) in [6, 6.07) is 14.9. The maximum Gasteiger partial charge on any atom is 0.232 e. The maximum atomic E-state index is 13.4. The van der Waals surface area contributed by atoms with E-state index in [-0.39, 0.29) is 29.4 Å². The molecular weight excluding hydrogens is 410 g/mol. The van der Waals surface area contributed by atoms with Crippen molar-refractivity contribution in [2.45, 2.75) is 39.0 Å². The summed E-state index contributed by atoms with van der Waals surface area (Å²) in [5.41, 5.74) is 3.00. The van der Waals surface area contributed by atoms with Gasteiger partial charge in [0.2, 0.25) is 5.91 Å². The zero-order chi connectivity index (χ0) is 22.2. The molecule has 4 rings (SSSR count). The van der Waals surface area contributed by atoms with Crippen molar-refractivity contribution in [3.05, 3.63) is 83.0 Å². The Kier molecular flexibility index (Phi) is 5.76. The van der Waals surface area contributed by atoms with Crippen molar-refractivity contribution < 1.29 is 14.3 Å². The number of rotatable bonds is 5. The lowest BCUT2D eigenvalue weighted by atomic mass is 9.69. The fourth-order valence-corrected chi connectivity index (χ4v) is 4.75. The molecule has 2 aromatic rings. The second kappa shape index (κ2) is 8.35. The second-order valence-corrected chi connectivity index (χ2v) is 9.37. The van der Waals surface area contributed by atoms with Crippen molar-refractivity contribution in [3.8, 4) is 5.75 Å². The summed E-state index contributed by atoms with van der Waals surface area (Å²) in [6.07, 6.45) is 3.06. The van der Waals surface area contributed by atoms with E-state index in [1.807, 2.05) is 36.4 Å². The molecule has 5 heteroatoms. The molecule has 1 amide bonds. The van der Waals surface area contributed by atoms with Crippen LogP contribution in [0.4, 0.5) is 5.69 Å². The molecule has 0 fully saturated rings. The van der Waals surface area contributed by atoms with Crippen LogP contribution in [0.3, 0.4) is 0 Å². The lowest BCUT2D eigenvalue weighted by Gasteiger charge is -2.43. The minimum atomic E-state index is -0.255. The Morgan fingerprint density at radius 2 is 1.90 bits per heavy atom. The minimum absolute atomic E-state index is 0.0245. The highest BCUT2D eigenvalue weighted by Crippen LogP contribution is 2.48. The molecule has 0 bridgehead atoms. The van der Waals surface area contributed by atoms with Crippen LogP contribution in [0.5, 0.6) is 5.75 Å². The quantitative estimate of drug-likeness (QED) is 0.535. The van der Waals surface area contributed by atoms with E-state index < -0.39 is 0 Å². The topological polar surface area (TPSA) is 46.6 Å². The number of benzene rings is 2. The van der Waals surface area contributed by atoms with Gasteiger partial charge in [0.05, 0.1) is 5.69 Å². The number of anilines is 1. The van der Waals surface area contributed by atoms with Crippen LogP contribution in [0, 0.1) is 5.41 Å². The monoisotopic (exact) mass is 435 g/mol. The smallest absolute Gasteiger partial charge is 0.232 e. The highest BCUT2D eigenvalue weighted by molar-refractivity contribution is 6.31. The van der Waals surface area contributed by atoms with E-state index in [4.69, 9.17) is 16.3 Å². The molecule has 1 unspecified atom stereocenters. The van der Waals surface area contributed by atoms with Gasteiger partial charge in [-0.2, -0.15) is 0 Å². The predicted octanol–water partition coefficient (Wildman–Crippen LogP) is 6.07. The van der Waals surface area contributed by atoms with E-state index >= 15 is 0 Å². The Morgan fingerprint density at radius 1 is 1.16 bits per heavy atom. The molecule has 0 aromatic heterocycles. The number of hydrogen-bond donors (Lipinski definition) is 0. The number of ketones is 1. The first-order chi connectivity index (χ1) is 14.8. The van der Waals surface area contributed by atoms with Gasteiger partial charge < -0.3 is 4.74 Å². The molecule has 2 aliphatic rings. The lowest BCUT2D eigenvalue weighted by Crippen LogP contribution is -2.43. The van der Waals surface area contributed by atoms with Crippen LogP contribution < -0.4 is 9.64 Å². The molecule has 4 nitrogen and oxygen atoms in total. The molecule has 1 atom stereocenters. The average Bonchev–Trinajstić information content (AvgIpc) is 2.71. The third kappa shape index (κ3) is 4.31. The normalized spacial score (nSPS) is 20.5. The number of allylic oxidation sites excluding steroid dienone is 2. The van der Waals surface area contributed by atoms with Crippen molar-refractivity contribution in [1.29, 1.82) is 0 Å². The maximum absolute atomic E-state index is 13.4. The summed E-state index contributed by atoms with van der Waals surface area (Å²) in [5.74, 6) is 0.567. The predicted molar refractivity (Wildman–Crippen MR) is 123 cm³/mol. The van der Waals surface area contributed by atoms with Gasteiger partial charge >= 0.3 is 0 Å². The van der Waals surface area contributed by atoms with Gasteiger partial charge in [0.15, 0.2) is 5.78 Å². The largest absolute Gasteiger partial charge is 0.490 e. The highest BCUT2D eigenvalue weighted by atomic mass is 35.5. The van der Waals surface area contributed by atoms with E-state index in [1.165, 1.54) is 0 Å². The van der Waals surface area contributed by atoms with Gasteiger partial charge in [-0.05, 0) is 47.7 Å². The Balaban J connectivity index is 1.80. The molecule has 160 valence electrons. The summed E-state index contributed by atoms with van der Waals surface area (Å²) < 4.78 is 5.58. The van der Waals surface area contributed by atoms with Gasteiger partial charge in [-0.1, -0.05) is 56.3 Å². The van der Waals surface area contributed by atoms with Crippen molar-refractivity contribution >= 4 is 29.0 Å². The molecular formula is C26H26ClNO3. The molecule has 31 heavy (non-hydrogen) atoms. The molecule has 2 aromatic carbocycles. The lowest BCUT2D eigenvalue weighted by molar-refractivity contribution is -0.121. The van der Waals surface area contributed by atoms with Crippen molar-refractivity contribution in [2.24, 2.45) is 5.41 Å². The molecule has 0 radical (unpaired) electrons. The number of carbonyl (C=O) groups is 2. The zero-order valence-electron chi connectivity index (χ0n) is 17.9. The van der Waals surface area contributed by atoms with Gasteiger partial charge in [0.25, 0.3) is 0 Å². The number of carbonyl (C=O) groups excluding carboxylic acids is 2. The van der Waals surface area contributed by atoms with Gasteiger partial charge in [0, 0.05) is 35.1 Å². The van der Waals surface area contributed by atoms with Crippen molar-refractivity contribution in [2.75, 3.05) is 11.5 Å². The first-order valence-electron chi connectivity index (χ1n) is 10.5. The van der Waals surface area contributed by atoms with Crippen LogP contribution in [0.15, 0.2) is 72.5 Å². The molecule has 1 aliphatic heterocycles. The number of hydrogen-bond acceptors (Lipinski definition) is 3. The number of amides is 1. The third-order valence-corrected chi connectivity index (χ3v) is 6.09. The Labute approximate surface area is 188 Å². The molecule has 1 aliphatic carbocycles. The first kappa shape index (κ1) is 21.4. The molecule has 0 saturated heterocycles. The van der Waals surface area contributed by atoms with E-state index in [2.05, 4.69) is 20.4 Å². The van der Waals surface area contributed by atoms with Gasteiger partial charge in [-0.15, -0.1) is 0 Å². The summed E-state index contributed by atoms with van der Waals surface area (Å²) in [4.78, 5) is 28.4. The van der Waals surface area contributed by atoms with Gasteiger partial charge in [-0.3, -0.25) is 14.5 Å². The van der Waals surface area contributed by atoms with Crippen LogP contribution in [0.1, 0.15) is 44.6 Å². The van der Waals surface area contributed by atoms with Crippen molar-refractivity contribution in [1.82, 2.24) is 0 Å². The van der Waals surface area contributed by atoms with Gasteiger partial charge in [0.1, 0.15) is 12.4 Å². The average molecular weight is 436 g/mol. The van der Waals surface area contributed by atoms with Crippen LogP contribution in [-0.2, 0) is 9.59 Å². The summed E-state index contributed by atoms with van der Waals surface area (Å²) in [6.45, 7) is 8.24. The zero-order valence-corrected chi connectivity index (χ0v) is 18.6. The fourth-order valence-electron chi connectivity index (χ4n) is 4.57. The molecule has 0 saturated carbocycles. The fraction of sp³-hybridized carbons (Fsp3) is 0.308. The Bertz CT molecular complexity index is 1070. The summed E-state index contributed by atoms with van der Waals surface area (Å²) >= 11 is 6.21. The minimum Gasteiger partial charge on any atom is -0.490 e. The van der Waals surface area contributed by atoms with Crippen LogP contribution in [-0.4, -0.2) is 18.3 Å². The van der Waals surface area contributed by atoms with Crippen LogP contribution >= 0.6 is 11.6 Å². The number of halogens is 1. The van der Waals surface area contributed by atoms with Crippen LogP contribution in [0.2, 0.25) is 5.02 Å². The molecule has 0 spiro atoms. The molecule has 1 heterocycles. The Hall–Kier alpha value is -2.85. The molecule has 0 N–H and O–H groups in total. The highest BCUT2D eigenvalue weighted by Gasteiger charge is 2.44. The van der Waals surface area contributed by atoms with E-state index in [9.17, 15) is 9.59 Å². The van der Waals surface area contributed by atoms with E-state index in [1.54, 1.807) is 23.1 Å². The standard InChI is InChI=1S/C26H26ClNO3/c1-4-12-31-20-10-8-17(9-11-20)21-14-24(30)28(19-7-5-6-18(27)13-19)22-15-26(2,3)16-23(29)25(21)22/h4-11,13,21H,1,12,14-16H2,2-3H3. The first-order valence-corrected chi connectivity index (χ1v) is 10.9.